The van der Waals surface area contributed by atoms with Crippen LogP contribution < -0.4 is 5.46 Å². The van der Waals surface area contributed by atoms with Crippen molar-refractivity contribution in [2.24, 2.45) is 0 Å². The van der Waals surface area contributed by atoms with E-state index in [1.54, 1.807) is 6.20 Å². The normalized spacial score (nSPS) is 11.1. The molecule has 0 saturated heterocycles. The molecule has 0 aliphatic rings. The number of aromatic nitrogens is 1. The molecule has 3 heteroatoms. The van der Waals surface area contributed by atoms with Gasteiger partial charge in [0, 0.05) is 11.6 Å². The lowest BCUT2D eigenvalue weighted by Crippen LogP contribution is -1.98. The Labute approximate surface area is 82.0 Å². The van der Waals surface area contributed by atoms with Crippen LogP contribution in [0.4, 0.5) is 0 Å². The van der Waals surface area contributed by atoms with Gasteiger partial charge in [0.25, 0.3) is 0 Å². The Hall–Kier alpha value is -1.77. The van der Waals surface area contributed by atoms with Crippen molar-refractivity contribution in [3.05, 3.63) is 36.5 Å². The number of hydrogen-bond acceptors (Lipinski definition) is 2. The molecule has 3 aromatic rings. The fraction of sp³-hybridized carbons (Fsp3) is 0. The van der Waals surface area contributed by atoms with Gasteiger partial charge >= 0.3 is 0 Å². The second kappa shape index (κ2) is 2.61. The molecule has 2 radical (unpaired) electrons. The fourth-order valence-corrected chi connectivity index (χ4v) is 1.62. The molecule has 0 unspecified atom stereocenters. The van der Waals surface area contributed by atoms with Crippen molar-refractivity contribution in [2.75, 3.05) is 0 Å². The molecule has 2 heterocycles. The second-order valence-corrected chi connectivity index (χ2v) is 3.21. The summed E-state index contributed by atoms with van der Waals surface area (Å²) >= 11 is 0. The molecule has 0 fully saturated rings. The minimum Gasteiger partial charge on any atom is -0.454 e. The highest BCUT2D eigenvalue weighted by atomic mass is 16.3. The molecule has 1 aromatic carbocycles. The number of fused-ring (bicyclic) bond motifs is 3. The minimum atomic E-state index is 0.728. The summed E-state index contributed by atoms with van der Waals surface area (Å²) in [5.74, 6) is 0. The third-order valence-corrected chi connectivity index (χ3v) is 2.25. The highest BCUT2D eigenvalue weighted by molar-refractivity contribution is 6.33. The Morgan fingerprint density at radius 3 is 3.00 bits per heavy atom. The molecular weight excluding hydrogens is 173 g/mol. The second-order valence-electron chi connectivity index (χ2n) is 3.21. The summed E-state index contributed by atoms with van der Waals surface area (Å²) in [4.78, 5) is 4.26. The molecule has 0 N–H and O–H groups in total. The molecule has 0 atom stereocenters. The first kappa shape index (κ1) is 7.62. The molecule has 2 nitrogen and oxygen atoms in total. The Morgan fingerprint density at radius 2 is 2.07 bits per heavy atom. The van der Waals surface area contributed by atoms with E-state index < -0.39 is 0 Å². The smallest absolute Gasteiger partial charge is 0.153 e. The van der Waals surface area contributed by atoms with E-state index in [9.17, 15) is 0 Å². The van der Waals surface area contributed by atoms with Crippen molar-refractivity contribution < 1.29 is 4.42 Å². The van der Waals surface area contributed by atoms with Crippen LogP contribution in [0.3, 0.4) is 0 Å². The number of rotatable bonds is 0. The summed E-state index contributed by atoms with van der Waals surface area (Å²) in [6.45, 7) is 0. The first-order valence-electron chi connectivity index (χ1n) is 4.37. The lowest BCUT2D eigenvalue weighted by molar-refractivity contribution is 0.668. The molecule has 14 heavy (non-hydrogen) atoms. The van der Waals surface area contributed by atoms with Crippen LogP contribution in [-0.2, 0) is 0 Å². The van der Waals surface area contributed by atoms with Gasteiger partial charge in [-0.15, -0.1) is 0 Å². The third-order valence-electron chi connectivity index (χ3n) is 2.25. The van der Waals surface area contributed by atoms with Crippen LogP contribution >= 0.6 is 0 Å². The molecule has 0 amide bonds. The van der Waals surface area contributed by atoms with E-state index in [1.807, 2.05) is 30.3 Å². The van der Waals surface area contributed by atoms with Gasteiger partial charge in [0.15, 0.2) is 5.58 Å². The number of benzene rings is 1. The molecule has 64 valence electrons. The van der Waals surface area contributed by atoms with E-state index in [-0.39, 0.29) is 0 Å². The maximum absolute atomic E-state index is 5.70. The van der Waals surface area contributed by atoms with Gasteiger partial charge in [-0.25, -0.2) is 0 Å². The van der Waals surface area contributed by atoms with Crippen molar-refractivity contribution >= 4 is 35.4 Å². The van der Waals surface area contributed by atoms with Gasteiger partial charge in [-0.2, -0.15) is 0 Å². The van der Waals surface area contributed by atoms with E-state index in [1.165, 1.54) is 0 Å². The average molecular weight is 179 g/mol. The Balaban J connectivity index is 2.58. The standard InChI is InChI=1S/C11H6BNO/c12-7-3-4-9-8(6-7)11-10(14-9)2-1-5-13-11/h1-6H. The van der Waals surface area contributed by atoms with Gasteiger partial charge in [0.05, 0.1) is 0 Å². The van der Waals surface area contributed by atoms with Gasteiger partial charge in [0.2, 0.25) is 0 Å². The molecule has 3 rings (SSSR count). The van der Waals surface area contributed by atoms with E-state index in [0.717, 1.165) is 27.5 Å². The number of nitrogens with zero attached hydrogens (tertiary/aromatic N) is 1. The van der Waals surface area contributed by atoms with Crippen molar-refractivity contribution in [3.8, 4) is 0 Å². The van der Waals surface area contributed by atoms with Crippen molar-refractivity contribution in [3.63, 3.8) is 0 Å². The van der Waals surface area contributed by atoms with Crippen molar-refractivity contribution in [1.82, 2.24) is 4.98 Å². The molecule has 2 aromatic heterocycles. The summed E-state index contributed by atoms with van der Waals surface area (Å²) in [7, 11) is 5.70. The van der Waals surface area contributed by atoms with Crippen molar-refractivity contribution in [1.29, 1.82) is 0 Å². The van der Waals surface area contributed by atoms with Crippen LogP contribution in [0.2, 0.25) is 0 Å². The van der Waals surface area contributed by atoms with Gasteiger partial charge in [0.1, 0.15) is 18.9 Å². The number of pyridine rings is 1. The summed E-state index contributed by atoms with van der Waals surface area (Å²) in [5.41, 5.74) is 3.22. The van der Waals surface area contributed by atoms with E-state index in [4.69, 9.17) is 12.3 Å². The van der Waals surface area contributed by atoms with Gasteiger partial charge in [-0.1, -0.05) is 17.6 Å². The Bertz CT molecular complexity index is 615. The molecule has 0 aliphatic carbocycles. The first-order valence-corrected chi connectivity index (χ1v) is 4.37. The molecular formula is C11H6BNO. The SMILES string of the molecule is [B]c1ccc2oc3cccnc3c2c1. The molecule has 0 bridgehead atoms. The summed E-state index contributed by atoms with van der Waals surface area (Å²) < 4.78 is 5.59. The van der Waals surface area contributed by atoms with Crippen LogP contribution in [0.5, 0.6) is 0 Å². The maximum atomic E-state index is 5.70. The highest BCUT2D eigenvalue weighted by Gasteiger charge is 2.06. The average Bonchev–Trinajstić information content (AvgIpc) is 2.56. The van der Waals surface area contributed by atoms with Gasteiger partial charge in [-0.05, 0) is 18.2 Å². The minimum absolute atomic E-state index is 0.728. The molecule has 0 spiro atoms. The van der Waals surface area contributed by atoms with Crippen molar-refractivity contribution in [2.45, 2.75) is 0 Å². The molecule has 0 saturated carbocycles. The zero-order valence-electron chi connectivity index (χ0n) is 7.40. The Morgan fingerprint density at radius 1 is 1.14 bits per heavy atom. The summed E-state index contributed by atoms with van der Waals surface area (Å²) in [6, 6.07) is 9.33. The highest BCUT2D eigenvalue weighted by Crippen LogP contribution is 2.25. The van der Waals surface area contributed by atoms with E-state index in [0.29, 0.717) is 0 Å². The van der Waals surface area contributed by atoms with Crippen LogP contribution in [0, 0.1) is 0 Å². The first-order chi connectivity index (χ1) is 6.84. The largest absolute Gasteiger partial charge is 0.454 e. The zero-order valence-corrected chi connectivity index (χ0v) is 7.40. The van der Waals surface area contributed by atoms with Gasteiger partial charge < -0.3 is 4.42 Å². The lowest BCUT2D eigenvalue weighted by atomic mass is 9.95. The number of hydrogen-bond donors (Lipinski definition) is 0. The topological polar surface area (TPSA) is 26.0 Å². The van der Waals surface area contributed by atoms with Crippen LogP contribution in [0.1, 0.15) is 0 Å². The fourth-order valence-electron chi connectivity index (χ4n) is 1.62. The Kier molecular flexibility index (Phi) is 1.42. The summed E-state index contributed by atoms with van der Waals surface area (Å²) in [6.07, 6.45) is 1.75. The summed E-state index contributed by atoms with van der Waals surface area (Å²) in [5, 5.41) is 0.973. The van der Waals surface area contributed by atoms with E-state index >= 15 is 0 Å². The van der Waals surface area contributed by atoms with Crippen LogP contribution in [-0.4, -0.2) is 12.8 Å². The van der Waals surface area contributed by atoms with Gasteiger partial charge in [-0.3, -0.25) is 4.98 Å². The quantitative estimate of drug-likeness (QED) is 0.491. The predicted molar refractivity (Wildman–Crippen MR) is 56.9 cm³/mol. The van der Waals surface area contributed by atoms with Crippen LogP contribution in [0.25, 0.3) is 22.1 Å². The molecule has 0 aliphatic heterocycles. The number of furan rings is 1. The predicted octanol–water partition coefficient (Wildman–Crippen LogP) is 1.77. The van der Waals surface area contributed by atoms with E-state index in [2.05, 4.69) is 4.98 Å². The van der Waals surface area contributed by atoms with Crippen LogP contribution in [0.15, 0.2) is 40.9 Å². The third kappa shape index (κ3) is 0.955. The monoisotopic (exact) mass is 179 g/mol. The lowest BCUT2D eigenvalue weighted by Gasteiger charge is -1.90. The zero-order chi connectivity index (χ0) is 9.54. The maximum Gasteiger partial charge on any atom is 0.153 e.